The topological polar surface area (TPSA) is 46.2 Å². The molecule has 0 heterocycles. The Balaban J connectivity index is 3.10. The van der Waals surface area contributed by atoms with Crippen LogP contribution >= 0.6 is 31.9 Å². The molecule has 84 valence electrons. The Morgan fingerprint density at radius 3 is 2.60 bits per heavy atom. The summed E-state index contributed by atoms with van der Waals surface area (Å²) in [5, 5.41) is 0. The number of hydrogen-bond donors (Lipinski definition) is 1. The van der Waals surface area contributed by atoms with Crippen LogP contribution in [0.3, 0.4) is 0 Å². The van der Waals surface area contributed by atoms with Crippen LogP contribution in [-0.2, 0) is 10.0 Å². The molecular weight excluding hydrogens is 346 g/mol. The smallest absolute Gasteiger partial charge is 0.211 e. The molecule has 0 aliphatic heterocycles. The van der Waals surface area contributed by atoms with Crippen molar-refractivity contribution in [2.45, 2.75) is 18.2 Å². The Labute approximate surface area is 107 Å². The Kier molecular flexibility index (Phi) is 4.76. The van der Waals surface area contributed by atoms with Crippen LogP contribution in [0.4, 0.5) is 0 Å². The summed E-state index contributed by atoms with van der Waals surface area (Å²) in [5.41, 5.74) is 0. The van der Waals surface area contributed by atoms with Gasteiger partial charge in [-0.3, -0.25) is 0 Å². The van der Waals surface area contributed by atoms with Gasteiger partial charge in [0.05, 0.1) is 9.37 Å². The lowest BCUT2D eigenvalue weighted by Gasteiger charge is -2.08. The zero-order valence-electron chi connectivity index (χ0n) is 8.13. The highest BCUT2D eigenvalue weighted by molar-refractivity contribution is 9.13. The van der Waals surface area contributed by atoms with E-state index in [4.69, 9.17) is 0 Å². The predicted octanol–water partition coefficient (Wildman–Crippen LogP) is 2.90. The lowest BCUT2D eigenvalue weighted by atomic mass is 10.4. The number of benzene rings is 1. The molecule has 6 heteroatoms. The first-order valence-electron chi connectivity index (χ1n) is 4.42. The standard InChI is InChI=1S/C9H11Br2NO2S/c1-2-6-12-15(13,14)8-5-3-4-7(10)9(8)11/h3-5,12H,2,6H2,1H3. The van der Waals surface area contributed by atoms with Gasteiger partial charge in [-0.25, -0.2) is 13.1 Å². The van der Waals surface area contributed by atoms with Gasteiger partial charge in [0.2, 0.25) is 10.0 Å². The maximum Gasteiger partial charge on any atom is 0.241 e. The minimum absolute atomic E-state index is 0.255. The van der Waals surface area contributed by atoms with E-state index in [1.807, 2.05) is 6.92 Å². The van der Waals surface area contributed by atoms with E-state index in [2.05, 4.69) is 36.6 Å². The fourth-order valence-corrected chi connectivity index (χ4v) is 3.64. The Bertz CT molecular complexity index is 445. The average Bonchev–Trinajstić information content (AvgIpc) is 2.19. The number of hydrogen-bond acceptors (Lipinski definition) is 2. The number of sulfonamides is 1. The summed E-state index contributed by atoms with van der Waals surface area (Å²) < 4.78 is 27.4. The molecule has 1 aromatic carbocycles. The summed E-state index contributed by atoms with van der Waals surface area (Å²) in [6.45, 7) is 2.36. The zero-order chi connectivity index (χ0) is 11.5. The SMILES string of the molecule is CCCNS(=O)(=O)c1cccc(Br)c1Br. The molecule has 1 N–H and O–H groups in total. The minimum Gasteiger partial charge on any atom is -0.211 e. The quantitative estimate of drug-likeness (QED) is 0.901. The minimum atomic E-state index is -3.40. The van der Waals surface area contributed by atoms with Crippen LogP contribution in [0.1, 0.15) is 13.3 Å². The van der Waals surface area contributed by atoms with Gasteiger partial charge in [0.15, 0.2) is 0 Å². The molecule has 0 saturated carbocycles. The maximum atomic E-state index is 11.8. The first kappa shape index (κ1) is 13.2. The van der Waals surface area contributed by atoms with E-state index in [1.54, 1.807) is 18.2 Å². The molecule has 0 spiro atoms. The van der Waals surface area contributed by atoms with Gasteiger partial charge in [-0.05, 0) is 50.4 Å². The van der Waals surface area contributed by atoms with Gasteiger partial charge in [-0.15, -0.1) is 0 Å². The van der Waals surface area contributed by atoms with Crippen molar-refractivity contribution in [3.05, 3.63) is 27.1 Å². The fourth-order valence-electron chi connectivity index (χ4n) is 1.01. The zero-order valence-corrected chi connectivity index (χ0v) is 12.1. The van der Waals surface area contributed by atoms with E-state index in [9.17, 15) is 8.42 Å². The number of rotatable bonds is 4. The van der Waals surface area contributed by atoms with Crippen LogP contribution in [0.2, 0.25) is 0 Å². The van der Waals surface area contributed by atoms with Gasteiger partial charge in [0, 0.05) is 11.0 Å². The second kappa shape index (κ2) is 5.43. The van der Waals surface area contributed by atoms with Crippen molar-refractivity contribution in [1.82, 2.24) is 4.72 Å². The van der Waals surface area contributed by atoms with Crippen molar-refractivity contribution < 1.29 is 8.42 Å². The van der Waals surface area contributed by atoms with Gasteiger partial charge in [-0.1, -0.05) is 13.0 Å². The third kappa shape index (κ3) is 3.27. The van der Waals surface area contributed by atoms with Crippen LogP contribution in [0, 0.1) is 0 Å². The fraction of sp³-hybridized carbons (Fsp3) is 0.333. The molecule has 1 rings (SSSR count). The highest BCUT2D eigenvalue weighted by Gasteiger charge is 2.17. The monoisotopic (exact) mass is 355 g/mol. The van der Waals surface area contributed by atoms with E-state index in [1.165, 1.54) is 0 Å². The molecule has 0 saturated heterocycles. The third-order valence-electron chi connectivity index (χ3n) is 1.75. The summed E-state index contributed by atoms with van der Waals surface area (Å²) >= 11 is 6.51. The van der Waals surface area contributed by atoms with E-state index in [-0.39, 0.29) is 4.90 Å². The van der Waals surface area contributed by atoms with Crippen LogP contribution < -0.4 is 4.72 Å². The Morgan fingerprint density at radius 2 is 2.00 bits per heavy atom. The Hall–Kier alpha value is 0.0900. The summed E-state index contributed by atoms with van der Waals surface area (Å²) in [6.07, 6.45) is 0.769. The molecule has 3 nitrogen and oxygen atoms in total. The van der Waals surface area contributed by atoms with Crippen molar-refractivity contribution in [3.8, 4) is 0 Å². The van der Waals surface area contributed by atoms with Crippen LogP contribution in [0.5, 0.6) is 0 Å². The van der Waals surface area contributed by atoms with Gasteiger partial charge >= 0.3 is 0 Å². The molecule has 15 heavy (non-hydrogen) atoms. The average molecular weight is 357 g/mol. The second-order valence-electron chi connectivity index (χ2n) is 2.95. The van der Waals surface area contributed by atoms with E-state index >= 15 is 0 Å². The normalized spacial score (nSPS) is 11.7. The molecule has 0 unspecified atom stereocenters. The van der Waals surface area contributed by atoms with Crippen molar-refractivity contribution in [1.29, 1.82) is 0 Å². The summed E-state index contributed by atoms with van der Waals surface area (Å²) in [6, 6.07) is 5.03. The predicted molar refractivity (Wildman–Crippen MR) is 67.3 cm³/mol. The summed E-state index contributed by atoms with van der Waals surface area (Å²) in [7, 11) is -3.40. The second-order valence-corrected chi connectivity index (χ2v) is 6.33. The number of nitrogens with one attached hydrogen (secondary N) is 1. The van der Waals surface area contributed by atoms with Crippen molar-refractivity contribution in [2.24, 2.45) is 0 Å². The van der Waals surface area contributed by atoms with Gasteiger partial charge in [-0.2, -0.15) is 0 Å². The lowest BCUT2D eigenvalue weighted by molar-refractivity contribution is 0.580. The third-order valence-corrected chi connectivity index (χ3v) is 5.56. The van der Waals surface area contributed by atoms with Gasteiger partial charge < -0.3 is 0 Å². The van der Waals surface area contributed by atoms with Gasteiger partial charge in [0.1, 0.15) is 0 Å². The highest BCUT2D eigenvalue weighted by atomic mass is 79.9. The molecule has 0 aromatic heterocycles. The maximum absolute atomic E-state index is 11.8. The van der Waals surface area contributed by atoms with E-state index in [0.29, 0.717) is 11.0 Å². The molecular formula is C9H11Br2NO2S. The molecule has 0 aliphatic carbocycles. The van der Waals surface area contributed by atoms with Gasteiger partial charge in [0.25, 0.3) is 0 Å². The van der Waals surface area contributed by atoms with Crippen molar-refractivity contribution >= 4 is 41.9 Å². The first-order valence-corrected chi connectivity index (χ1v) is 7.49. The van der Waals surface area contributed by atoms with Crippen LogP contribution in [0.25, 0.3) is 0 Å². The molecule has 0 bridgehead atoms. The summed E-state index contributed by atoms with van der Waals surface area (Å²) in [5.74, 6) is 0. The first-order chi connectivity index (χ1) is 6.99. The lowest BCUT2D eigenvalue weighted by Crippen LogP contribution is -2.24. The summed E-state index contributed by atoms with van der Waals surface area (Å²) in [4.78, 5) is 0.255. The Morgan fingerprint density at radius 1 is 1.33 bits per heavy atom. The molecule has 0 amide bonds. The molecule has 0 aliphatic rings. The molecule has 1 aromatic rings. The largest absolute Gasteiger partial charge is 0.241 e. The van der Waals surface area contributed by atoms with E-state index in [0.717, 1.165) is 10.9 Å². The van der Waals surface area contributed by atoms with Crippen molar-refractivity contribution in [3.63, 3.8) is 0 Å². The number of halogens is 2. The molecule has 0 atom stereocenters. The molecule has 0 radical (unpaired) electrons. The van der Waals surface area contributed by atoms with Crippen LogP contribution in [-0.4, -0.2) is 15.0 Å². The van der Waals surface area contributed by atoms with Crippen LogP contribution in [0.15, 0.2) is 32.0 Å². The highest BCUT2D eigenvalue weighted by Crippen LogP contribution is 2.29. The molecule has 0 fully saturated rings. The van der Waals surface area contributed by atoms with Crippen molar-refractivity contribution in [2.75, 3.05) is 6.54 Å². The van der Waals surface area contributed by atoms with E-state index < -0.39 is 10.0 Å².